The molecular weight excluding hydrogens is 326 g/mol. The number of ether oxygens (including phenoxy) is 2. The van der Waals surface area contributed by atoms with Crippen molar-refractivity contribution in [1.29, 1.82) is 0 Å². The minimum Gasteiger partial charge on any atom is -0.492 e. The van der Waals surface area contributed by atoms with Crippen LogP contribution in [-0.4, -0.2) is 25.7 Å². The Balaban J connectivity index is 1.68. The predicted molar refractivity (Wildman–Crippen MR) is 96.1 cm³/mol. The molecule has 5 heteroatoms. The highest BCUT2D eigenvalue weighted by Crippen LogP contribution is 2.21. The second-order valence-corrected chi connectivity index (χ2v) is 6.13. The van der Waals surface area contributed by atoms with E-state index in [0.29, 0.717) is 29.7 Å². The Labute approximate surface area is 147 Å². The number of nitrogens with one attached hydrogen (secondary N) is 1. The van der Waals surface area contributed by atoms with Gasteiger partial charge in [-0.15, -0.1) is 0 Å². The highest BCUT2D eigenvalue weighted by molar-refractivity contribution is 6.31. The van der Waals surface area contributed by atoms with Crippen LogP contribution in [-0.2, 0) is 4.79 Å². The zero-order valence-electron chi connectivity index (χ0n) is 14.2. The molecular formula is C19H22ClNO3. The summed E-state index contributed by atoms with van der Waals surface area (Å²) in [6, 6.07) is 11.4. The summed E-state index contributed by atoms with van der Waals surface area (Å²) in [6.45, 7) is 6.68. The zero-order valence-corrected chi connectivity index (χ0v) is 14.9. The standard InChI is InChI=1S/C19H22ClNO3/c1-13-8-14(2)10-17(9-13)24-12-19(22)21-6-7-23-16-5-4-15(3)18(20)11-16/h4-5,8-11H,6-7,12H2,1-3H3,(H,21,22). The van der Waals surface area contributed by atoms with Crippen LogP contribution in [0.25, 0.3) is 0 Å². The topological polar surface area (TPSA) is 47.6 Å². The molecule has 0 unspecified atom stereocenters. The summed E-state index contributed by atoms with van der Waals surface area (Å²) in [6.07, 6.45) is 0. The fourth-order valence-corrected chi connectivity index (χ4v) is 2.41. The maximum atomic E-state index is 11.8. The number of benzene rings is 2. The Morgan fingerprint density at radius 1 is 1.00 bits per heavy atom. The van der Waals surface area contributed by atoms with E-state index in [1.54, 1.807) is 6.07 Å². The first-order valence-electron chi connectivity index (χ1n) is 7.81. The van der Waals surface area contributed by atoms with Gasteiger partial charge in [-0.3, -0.25) is 4.79 Å². The van der Waals surface area contributed by atoms with Gasteiger partial charge in [0, 0.05) is 5.02 Å². The number of hydrogen-bond acceptors (Lipinski definition) is 3. The highest BCUT2D eigenvalue weighted by atomic mass is 35.5. The van der Waals surface area contributed by atoms with Gasteiger partial charge in [0.05, 0.1) is 6.54 Å². The Morgan fingerprint density at radius 2 is 1.71 bits per heavy atom. The Hall–Kier alpha value is -2.20. The molecule has 1 N–H and O–H groups in total. The van der Waals surface area contributed by atoms with Crippen LogP contribution in [0, 0.1) is 20.8 Å². The van der Waals surface area contributed by atoms with E-state index in [4.69, 9.17) is 21.1 Å². The number of amides is 1. The fourth-order valence-electron chi connectivity index (χ4n) is 2.24. The van der Waals surface area contributed by atoms with Crippen LogP contribution in [0.4, 0.5) is 0 Å². The molecule has 2 aromatic carbocycles. The summed E-state index contributed by atoms with van der Waals surface area (Å²) in [4.78, 5) is 11.8. The number of rotatable bonds is 7. The largest absolute Gasteiger partial charge is 0.492 e. The van der Waals surface area contributed by atoms with Crippen molar-refractivity contribution in [1.82, 2.24) is 5.32 Å². The summed E-state index contributed by atoms with van der Waals surface area (Å²) < 4.78 is 11.0. The van der Waals surface area contributed by atoms with Gasteiger partial charge in [-0.2, -0.15) is 0 Å². The van der Waals surface area contributed by atoms with Gasteiger partial charge in [0.1, 0.15) is 18.1 Å². The molecule has 2 aromatic rings. The van der Waals surface area contributed by atoms with Crippen molar-refractivity contribution < 1.29 is 14.3 Å². The molecule has 0 aliphatic carbocycles. The first-order chi connectivity index (χ1) is 11.4. The molecule has 0 bridgehead atoms. The molecule has 2 rings (SSSR count). The second kappa shape index (κ2) is 8.60. The summed E-state index contributed by atoms with van der Waals surface area (Å²) in [5.74, 6) is 1.21. The zero-order chi connectivity index (χ0) is 17.5. The molecule has 0 saturated carbocycles. The molecule has 0 aliphatic heterocycles. The lowest BCUT2D eigenvalue weighted by molar-refractivity contribution is -0.123. The smallest absolute Gasteiger partial charge is 0.258 e. The normalized spacial score (nSPS) is 10.3. The monoisotopic (exact) mass is 347 g/mol. The molecule has 0 aromatic heterocycles. The van der Waals surface area contributed by atoms with Gasteiger partial charge < -0.3 is 14.8 Å². The van der Waals surface area contributed by atoms with Gasteiger partial charge in [0.2, 0.25) is 0 Å². The number of halogens is 1. The molecule has 4 nitrogen and oxygen atoms in total. The van der Waals surface area contributed by atoms with E-state index in [0.717, 1.165) is 16.7 Å². The molecule has 128 valence electrons. The van der Waals surface area contributed by atoms with E-state index < -0.39 is 0 Å². The number of carbonyl (C=O) groups is 1. The predicted octanol–water partition coefficient (Wildman–Crippen LogP) is 3.84. The van der Waals surface area contributed by atoms with Crippen LogP contribution in [0.5, 0.6) is 11.5 Å². The molecule has 0 radical (unpaired) electrons. The van der Waals surface area contributed by atoms with Crippen LogP contribution < -0.4 is 14.8 Å². The SMILES string of the molecule is Cc1cc(C)cc(OCC(=O)NCCOc2ccc(C)c(Cl)c2)c1. The van der Waals surface area contributed by atoms with Gasteiger partial charge >= 0.3 is 0 Å². The molecule has 0 atom stereocenters. The van der Waals surface area contributed by atoms with Crippen LogP contribution in [0.2, 0.25) is 5.02 Å². The average molecular weight is 348 g/mol. The van der Waals surface area contributed by atoms with Crippen LogP contribution >= 0.6 is 11.6 Å². The lowest BCUT2D eigenvalue weighted by Gasteiger charge is -2.10. The molecule has 0 spiro atoms. The number of aryl methyl sites for hydroxylation is 3. The van der Waals surface area contributed by atoms with Crippen molar-refractivity contribution in [2.45, 2.75) is 20.8 Å². The third kappa shape index (κ3) is 5.78. The van der Waals surface area contributed by atoms with Crippen molar-refractivity contribution in [3.05, 3.63) is 58.1 Å². The van der Waals surface area contributed by atoms with Crippen LogP contribution in [0.3, 0.4) is 0 Å². The minimum atomic E-state index is -0.181. The quantitative estimate of drug-likeness (QED) is 0.774. The van der Waals surface area contributed by atoms with Gasteiger partial charge in [-0.1, -0.05) is 23.7 Å². The number of carbonyl (C=O) groups excluding carboxylic acids is 1. The summed E-state index contributed by atoms with van der Waals surface area (Å²) >= 11 is 6.03. The first kappa shape index (κ1) is 18.1. The maximum absolute atomic E-state index is 11.8. The van der Waals surface area contributed by atoms with Crippen molar-refractivity contribution in [2.75, 3.05) is 19.8 Å². The molecule has 0 aliphatic rings. The second-order valence-electron chi connectivity index (χ2n) is 5.72. The fraction of sp³-hybridized carbons (Fsp3) is 0.316. The Bertz CT molecular complexity index is 696. The Kier molecular flexibility index (Phi) is 6.50. The maximum Gasteiger partial charge on any atom is 0.258 e. The van der Waals surface area contributed by atoms with Gasteiger partial charge in [0.25, 0.3) is 5.91 Å². The van der Waals surface area contributed by atoms with E-state index in [1.165, 1.54) is 0 Å². The van der Waals surface area contributed by atoms with Gasteiger partial charge in [0.15, 0.2) is 6.61 Å². The summed E-state index contributed by atoms with van der Waals surface area (Å²) in [7, 11) is 0. The van der Waals surface area contributed by atoms with Gasteiger partial charge in [-0.05, 0) is 61.7 Å². The molecule has 1 amide bonds. The highest BCUT2D eigenvalue weighted by Gasteiger charge is 2.04. The van der Waals surface area contributed by atoms with E-state index in [9.17, 15) is 4.79 Å². The van der Waals surface area contributed by atoms with Crippen molar-refractivity contribution in [3.8, 4) is 11.5 Å². The van der Waals surface area contributed by atoms with Crippen LogP contribution in [0.15, 0.2) is 36.4 Å². The Morgan fingerprint density at radius 3 is 2.38 bits per heavy atom. The van der Waals surface area contributed by atoms with Crippen molar-refractivity contribution in [3.63, 3.8) is 0 Å². The third-order valence-electron chi connectivity index (χ3n) is 3.40. The molecule has 0 fully saturated rings. The molecule has 0 saturated heterocycles. The van der Waals surface area contributed by atoms with E-state index in [2.05, 4.69) is 11.4 Å². The molecule has 24 heavy (non-hydrogen) atoms. The third-order valence-corrected chi connectivity index (χ3v) is 3.81. The lowest BCUT2D eigenvalue weighted by Crippen LogP contribution is -2.32. The van der Waals surface area contributed by atoms with Crippen molar-refractivity contribution >= 4 is 17.5 Å². The lowest BCUT2D eigenvalue weighted by atomic mass is 10.1. The number of hydrogen-bond donors (Lipinski definition) is 1. The van der Waals surface area contributed by atoms with E-state index >= 15 is 0 Å². The molecule has 0 heterocycles. The van der Waals surface area contributed by atoms with Crippen molar-refractivity contribution in [2.24, 2.45) is 0 Å². The summed E-state index contributed by atoms with van der Waals surface area (Å²) in [5, 5.41) is 3.42. The van der Waals surface area contributed by atoms with E-state index in [1.807, 2.05) is 45.0 Å². The van der Waals surface area contributed by atoms with E-state index in [-0.39, 0.29) is 12.5 Å². The van der Waals surface area contributed by atoms with Crippen LogP contribution in [0.1, 0.15) is 16.7 Å². The van der Waals surface area contributed by atoms with Gasteiger partial charge in [-0.25, -0.2) is 0 Å². The summed E-state index contributed by atoms with van der Waals surface area (Å²) in [5.41, 5.74) is 3.21. The average Bonchev–Trinajstić information content (AvgIpc) is 2.52. The first-order valence-corrected chi connectivity index (χ1v) is 8.18. The minimum absolute atomic E-state index is 0.0146.